The van der Waals surface area contributed by atoms with E-state index in [2.05, 4.69) is 33.6 Å². The number of amides is 1. The first kappa shape index (κ1) is 22.4. The summed E-state index contributed by atoms with van der Waals surface area (Å²) in [5, 5.41) is 7.59. The molecule has 0 saturated heterocycles. The van der Waals surface area contributed by atoms with Crippen molar-refractivity contribution in [3.8, 4) is 0 Å². The van der Waals surface area contributed by atoms with Crippen molar-refractivity contribution in [1.29, 1.82) is 0 Å². The molecule has 8 heteroatoms. The maximum absolute atomic E-state index is 12.8. The molecule has 2 aromatic rings. The molecule has 1 aromatic heterocycles. The number of carbonyl (C=O) groups is 1. The van der Waals surface area contributed by atoms with Crippen LogP contribution in [0, 0.1) is 0 Å². The number of carbonyl (C=O) groups excluding carboxylic acids is 1. The van der Waals surface area contributed by atoms with E-state index < -0.39 is 5.60 Å². The zero-order chi connectivity index (χ0) is 21.9. The zero-order valence-electron chi connectivity index (χ0n) is 18.6. The number of thioether (sulfide) groups is 1. The highest BCUT2D eigenvalue weighted by Gasteiger charge is 2.38. The van der Waals surface area contributed by atoms with Gasteiger partial charge in [0.05, 0.1) is 5.69 Å². The minimum Gasteiger partial charge on any atom is -0.443 e. The van der Waals surface area contributed by atoms with Crippen LogP contribution in [0.15, 0.2) is 35.6 Å². The smallest absolute Gasteiger partial charge is 0.414 e. The number of para-hydroxylation sites is 1. The predicted molar refractivity (Wildman–Crippen MR) is 122 cm³/mol. The number of aromatic nitrogens is 2. The lowest BCUT2D eigenvalue weighted by Gasteiger charge is -2.42. The van der Waals surface area contributed by atoms with Crippen molar-refractivity contribution in [2.24, 2.45) is 0 Å². The summed E-state index contributed by atoms with van der Waals surface area (Å²) in [7, 11) is 1.87. The van der Waals surface area contributed by atoms with Gasteiger partial charge in [-0.2, -0.15) is 0 Å². The molecule has 0 spiro atoms. The summed E-state index contributed by atoms with van der Waals surface area (Å²) in [6.07, 6.45) is 4.28. The Bertz CT molecular complexity index is 915. The Kier molecular flexibility index (Phi) is 6.57. The molecule has 3 rings (SSSR count). The van der Waals surface area contributed by atoms with Crippen molar-refractivity contribution in [2.45, 2.75) is 57.0 Å². The number of benzene rings is 1. The van der Waals surface area contributed by atoms with Crippen LogP contribution in [0.4, 0.5) is 16.3 Å². The lowest BCUT2D eigenvalue weighted by Crippen LogP contribution is -2.49. The molecule has 1 aliphatic heterocycles. The van der Waals surface area contributed by atoms with Gasteiger partial charge in [0, 0.05) is 37.4 Å². The Labute approximate surface area is 183 Å². The van der Waals surface area contributed by atoms with Crippen LogP contribution >= 0.6 is 11.8 Å². The van der Waals surface area contributed by atoms with Gasteiger partial charge in [0.1, 0.15) is 11.4 Å². The standard InChI is InChI=1S/C22H31N5O2S/c1-21(2,3)29-20(28)27-12-11-22(4,16-9-7-8-10-17(16)27)25-14-15-13-24-19(30-6)26-18(15)23-5/h7-10,13,25H,11-12,14H2,1-6H3,(H,23,24,26). The number of anilines is 2. The van der Waals surface area contributed by atoms with Gasteiger partial charge in [-0.05, 0) is 52.0 Å². The molecular formula is C22H31N5O2S. The summed E-state index contributed by atoms with van der Waals surface area (Å²) < 4.78 is 5.62. The van der Waals surface area contributed by atoms with E-state index in [-0.39, 0.29) is 11.6 Å². The fourth-order valence-electron chi connectivity index (χ4n) is 3.58. The summed E-state index contributed by atoms with van der Waals surface area (Å²) in [6, 6.07) is 8.02. The van der Waals surface area contributed by atoms with E-state index >= 15 is 0 Å². The SMILES string of the molecule is CNc1nc(SC)ncc1CNC1(C)CCN(C(=O)OC(C)(C)C)c2ccccc21. The summed E-state index contributed by atoms with van der Waals surface area (Å²) in [5.74, 6) is 0.824. The van der Waals surface area contributed by atoms with Crippen molar-refractivity contribution < 1.29 is 9.53 Å². The van der Waals surface area contributed by atoms with Gasteiger partial charge in [-0.1, -0.05) is 30.0 Å². The summed E-state index contributed by atoms with van der Waals surface area (Å²) in [6.45, 7) is 9.02. The van der Waals surface area contributed by atoms with Gasteiger partial charge in [-0.25, -0.2) is 14.8 Å². The highest BCUT2D eigenvalue weighted by molar-refractivity contribution is 7.98. The highest BCUT2D eigenvalue weighted by Crippen LogP contribution is 2.39. The first-order valence-electron chi connectivity index (χ1n) is 10.1. The van der Waals surface area contributed by atoms with Crippen molar-refractivity contribution in [2.75, 3.05) is 30.1 Å². The molecule has 1 amide bonds. The Balaban J connectivity index is 1.84. The van der Waals surface area contributed by atoms with Gasteiger partial charge in [-0.3, -0.25) is 4.90 Å². The average Bonchev–Trinajstić information content (AvgIpc) is 2.71. The van der Waals surface area contributed by atoms with Gasteiger partial charge in [-0.15, -0.1) is 0 Å². The number of hydrogen-bond donors (Lipinski definition) is 2. The van der Waals surface area contributed by atoms with E-state index in [4.69, 9.17) is 4.74 Å². The molecule has 7 nitrogen and oxygen atoms in total. The molecule has 0 aliphatic carbocycles. The average molecular weight is 430 g/mol. The molecule has 0 radical (unpaired) electrons. The molecule has 1 aliphatic rings. The molecular weight excluding hydrogens is 398 g/mol. The Hall–Kier alpha value is -2.32. The van der Waals surface area contributed by atoms with E-state index in [9.17, 15) is 4.79 Å². The van der Waals surface area contributed by atoms with Gasteiger partial charge in [0.15, 0.2) is 5.16 Å². The summed E-state index contributed by atoms with van der Waals surface area (Å²) >= 11 is 1.52. The third-order valence-electron chi connectivity index (χ3n) is 5.17. The summed E-state index contributed by atoms with van der Waals surface area (Å²) in [4.78, 5) is 23.5. The predicted octanol–water partition coefficient (Wildman–Crippen LogP) is 4.39. The topological polar surface area (TPSA) is 79.4 Å². The molecule has 162 valence electrons. The molecule has 1 atom stereocenters. The monoisotopic (exact) mass is 429 g/mol. The lowest BCUT2D eigenvalue weighted by molar-refractivity contribution is 0.0572. The maximum Gasteiger partial charge on any atom is 0.414 e. The van der Waals surface area contributed by atoms with Crippen molar-refractivity contribution >= 4 is 29.4 Å². The van der Waals surface area contributed by atoms with Gasteiger partial charge >= 0.3 is 6.09 Å². The largest absolute Gasteiger partial charge is 0.443 e. The Morgan fingerprint density at radius 1 is 1.33 bits per heavy atom. The van der Waals surface area contributed by atoms with Crippen LogP contribution < -0.4 is 15.5 Å². The number of nitrogens with one attached hydrogen (secondary N) is 2. The molecule has 2 heterocycles. The first-order chi connectivity index (χ1) is 14.2. The second-order valence-corrected chi connectivity index (χ2v) is 9.34. The fraction of sp³-hybridized carbons (Fsp3) is 0.500. The van der Waals surface area contributed by atoms with Crippen LogP contribution in [0.5, 0.6) is 0 Å². The number of nitrogens with zero attached hydrogens (tertiary/aromatic N) is 3. The Morgan fingerprint density at radius 3 is 2.73 bits per heavy atom. The van der Waals surface area contributed by atoms with Crippen LogP contribution in [-0.4, -0.2) is 41.5 Å². The molecule has 30 heavy (non-hydrogen) atoms. The van der Waals surface area contributed by atoms with E-state index in [1.54, 1.807) is 4.90 Å². The van der Waals surface area contributed by atoms with E-state index in [0.717, 1.165) is 34.2 Å². The quantitative estimate of drug-likeness (QED) is 0.539. The molecule has 1 unspecified atom stereocenters. The van der Waals surface area contributed by atoms with Gasteiger partial charge < -0.3 is 15.4 Å². The van der Waals surface area contributed by atoms with Crippen LogP contribution in [-0.2, 0) is 16.8 Å². The third-order valence-corrected chi connectivity index (χ3v) is 5.73. The maximum atomic E-state index is 12.8. The number of ether oxygens (including phenoxy) is 1. The van der Waals surface area contributed by atoms with Gasteiger partial charge in [0.2, 0.25) is 0 Å². The van der Waals surface area contributed by atoms with Crippen LogP contribution in [0.3, 0.4) is 0 Å². The zero-order valence-corrected chi connectivity index (χ0v) is 19.4. The van der Waals surface area contributed by atoms with E-state index in [0.29, 0.717) is 13.1 Å². The molecule has 0 saturated carbocycles. The second-order valence-electron chi connectivity index (χ2n) is 8.57. The number of rotatable bonds is 5. The van der Waals surface area contributed by atoms with Crippen molar-refractivity contribution in [1.82, 2.24) is 15.3 Å². The molecule has 2 N–H and O–H groups in total. The van der Waals surface area contributed by atoms with Crippen LogP contribution in [0.2, 0.25) is 0 Å². The minimum atomic E-state index is -0.530. The molecule has 0 bridgehead atoms. The summed E-state index contributed by atoms with van der Waals surface area (Å²) in [5.41, 5.74) is 2.14. The normalized spacial score (nSPS) is 18.7. The van der Waals surface area contributed by atoms with Crippen LogP contribution in [0.1, 0.15) is 45.2 Å². The lowest BCUT2D eigenvalue weighted by atomic mass is 9.83. The van der Waals surface area contributed by atoms with E-state index in [1.165, 1.54) is 11.8 Å². The number of fused-ring (bicyclic) bond motifs is 1. The number of hydrogen-bond acceptors (Lipinski definition) is 7. The Morgan fingerprint density at radius 2 is 2.07 bits per heavy atom. The van der Waals surface area contributed by atoms with Crippen molar-refractivity contribution in [3.05, 3.63) is 41.6 Å². The highest BCUT2D eigenvalue weighted by atomic mass is 32.2. The third kappa shape index (κ3) is 4.87. The fourth-order valence-corrected chi connectivity index (χ4v) is 3.92. The van der Waals surface area contributed by atoms with Crippen LogP contribution in [0.25, 0.3) is 0 Å². The second kappa shape index (κ2) is 8.81. The molecule has 1 aromatic carbocycles. The van der Waals surface area contributed by atoms with Gasteiger partial charge in [0.25, 0.3) is 0 Å². The van der Waals surface area contributed by atoms with Crippen molar-refractivity contribution in [3.63, 3.8) is 0 Å². The van der Waals surface area contributed by atoms with E-state index in [1.807, 2.05) is 58.5 Å². The molecule has 0 fully saturated rings. The first-order valence-corrected chi connectivity index (χ1v) is 11.3. The minimum absolute atomic E-state index is 0.293.